The van der Waals surface area contributed by atoms with Gasteiger partial charge in [-0.15, -0.1) is 0 Å². The van der Waals surface area contributed by atoms with Gasteiger partial charge in [-0.1, -0.05) is 56.3 Å². The number of ether oxygens (including phenoxy) is 3. The van der Waals surface area contributed by atoms with Crippen molar-refractivity contribution in [2.24, 2.45) is 5.92 Å². The quantitative estimate of drug-likeness (QED) is 0.258. The highest BCUT2D eigenvalue weighted by atomic mass is 16.7. The molecule has 0 radical (unpaired) electrons. The van der Waals surface area contributed by atoms with Gasteiger partial charge in [0.2, 0.25) is 5.91 Å². The third-order valence-electron chi connectivity index (χ3n) is 7.78. The normalized spacial score (nSPS) is 16.9. The fourth-order valence-electron chi connectivity index (χ4n) is 4.74. The van der Waals surface area contributed by atoms with Gasteiger partial charge in [-0.05, 0) is 78.0 Å². The summed E-state index contributed by atoms with van der Waals surface area (Å²) in [7, 11) is 0.540. The summed E-state index contributed by atoms with van der Waals surface area (Å²) in [6.07, 6.45) is -0.293. The first-order valence-electron chi connectivity index (χ1n) is 15.4. The number of hydrogen-bond acceptors (Lipinski definition) is 8. The number of hydrogen-bond donors (Lipinski definition) is 2. The molecule has 0 saturated carbocycles. The average Bonchev–Trinajstić information content (AvgIpc) is 3.16. The van der Waals surface area contributed by atoms with Crippen LogP contribution in [0.3, 0.4) is 0 Å². The zero-order valence-corrected chi connectivity index (χ0v) is 28.3. The van der Waals surface area contributed by atoms with Crippen molar-refractivity contribution in [2.45, 2.75) is 111 Å². The van der Waals surface area contributed by atoms with Crippen molar-refractivity contribution in [3.8, 4) is 5.75 Å². The second-order valence-corrected chi connectivity index (χ2v) is 13.9. The fourth-order valence-corrected chi connectivity index (χ4v) is 4.74. The number of esters is 1. The molecule has 10 nitrogen and oxygen atoms in total. The number of alkyl carbamates (subject to hydrolysis) is 1. The molecule has 2 aromatic rings. The maximum absolute atomic E-state index is 13.6. The summed E-state index contributed by atoms with van der Waals surface area (Å²) >= 11 is 0. The van der Waals surface area contributed by atoms with Crippen LogP contribution in [-0.2, 0) is 41.4 Å². The molecule has 1 heterocycles. The molecule has 11 heteroatoms. The minimum Gasteiger partial charge on any atom is -0.489 e. The molecule has 2 N–H and O–H groups in total. The molecular weight excluding hydrogens is 575 g/mol. The van der Waals surface area contributed by atoms with Crippen LogP contribution >= 0.6 is 0 Å². The highest BCUT2D eigenvalue weighted by molar-refractivity contribution is 6.63. The van der Waals surface area contributed by atoms with Gasteiger partial charge < -0.3 is 34.2 Å². The van der Waals surface area contributed by atoms with Crippen LogP contribution in [0.25, 0.3) is 0 Å². The van der Waals surface area contributed by atoms with Gasteiger partial charge in [-0.3, -0.25) is 4.79 Å². The first-order valence-corrected chi connectivity index (χ1v) is 15.4. The van der Waals surface area contributed by atoms with Gasteiger partial charge >= 0.3 is 19.2 Å². The first kappa shape index (κ1) is 35.9. The van der Waals surface area contributed by atoms with Crippen molar-refractivity contribution < 1.29 is 37.9 Å². The standard InChI is InChI=1S/C34H49BN2O8/c1-22(2)18-27(30(39)41-10)36-29(38)26(37-31(40)43-32(3,4)5)20-24-16-17-28(42-21-23-14-12-11-13-15-23)25(19-24)35-44-33(6,7)34(8,9)45-35/h11-17,19,22,26-27H,18,20-21H2,1-10H3,(H,36,38)(H,37,40)/t26-,27-/m0/s1. The number of benzene rings is 2. The molecular formula is C34H49BN2O8. The van der Waals surface area contributed by atoms with Gasteiger partial charge in [-0.2, -0.15) is 0 Å². The number of amides is 2. The highest BCUT2D eigenvalue weighted by Crippen LogP contribution is 2.37. The molecule has 1 aliphatic heterocycles. The third kappa shape index (κ3) is 10.2. The number of methoxy groups -OCH3 is 1. The van der Waals surface area contributed by atoms with E-state index < -0.39 is 54.0 Å². The van der Waals surface area contributed by atoms with Crippen LogP contribution in [0.4, 0.5) is 4.79 Å². The van der Waals surface area contributed by atoms with Crippen LogP contribution in [0.2, 0.25) is 0 Å². The lowest BCUT2D eigenvalue weighted by molar-refractivity contribution is -0.145. The largest absolute Gasteiger partial charge is 0.498 e. The number of carbonyl (C=O) groups excluding carboxylic acids is 3. The van der Waals surface area contributed by atoms with Crippen molar-refractivity contribution in [1.29, 1.82) is 0 Å². The Hall–Kier alpha value is -3.57. The van der Waals surface area contributed by atoms with E-state index in [1.807, 2.05) is 90.1 Å². The van der Waals surface area contributed by atoms with Crippen LogP contribution in [0.1, 0.15) is 79.9 Å². The lowest BCUT2D eigenvalue weighted by Gasteiger charge is -2.32. The van der Waals surface area contributed by atoms with Crippen LogP contribution < -0.4 is 20.8 Å². The number of nitrogens with one attached hydrogen (secondary N) is 2. The minimum absolute atomic E-state index is 0.0894. The zero-order chi connectivity index (χ0) is 33.6. The van der Waals surface area contributed by atoms with Crippen molar-refractivity contribution in [3.05, 3.63) is 59.7 Å². The van der Waals surface area contributed by atoms with E-state index in [1.165, 1.54) is 7.11 Å². The van der Waals surface area contributed by atoms with E-state index in [-0.39, 0.29) is 12.3 Å². The topological polar surface area (TPSA) is 121 Å². The highest BCUT2D eigenvalue weighted by Gasteiger charge is 2.52. The molecule has 0 unspecified atom stereocenters. The molecule has 2 aromatic carbocycles. The van der Waals surface area contributed by atoms with Gasteiger partial charge in [0.25, 0.3) is 0 Å². The van der Waals surface area contributed by atoms with Crippen LogP contribution in [0, 0.1) is 5.92 Å². The molecule has 0 bridgehead atoms. The summed E-state index contributed by atoms with van der Waals surface area (Å²) < 4.78 is 29.4. The minimum atomic E-state index is -1.07. The van der Waals surface area contributed by atoms with Crippen LogP contribution in [0.5, 0.6) is 5.75 Å². The third-order valence-corrected chi connectivity index (χ3v) is 7.78. The van der Waals surface area contributed by atoms with Gasteiger partial charge in [0.15, 0.2) is 0 Å². The molecule has 0 spiro atoms. The predicted molar refractivity (Wildman–Crippen MR) is 173 cm³/mol. The Morgan fingerprint density at radius 2 is 1.51 bits per heavy atom. The molecule has 2 atom stereocenters. The zero-order valence-electron chi connectivity index (χ0n) is 28.3. The van der Waals surface area contributed by atoms with Gasteiger partial charge in [0.1, 0.15) is 30.0 Å². The molecule has 0 aliphatic carbocycles. The van der Waals surface area contributed by atoms with E-state index in [0.29, 0.717) is 29.8 Å². The van der Waals surface area contributed by atoms with E-state index >= 15 is 0 Å². The SMILES string of the molecule is COC(=O)[C@H](CC(C)C)NC(=O)[C@H](Cc1ccc(OCc2ccccc2)c(B2OC(C)(C)C(C)(C)O2)c1)NC(=O)OC(C)(C)C. The van der Waals surface area contributed by atoms with E-state index in [4.69, 9.17) is 23.5 Å². The Labute approximate surface area is 268 Å². The maximum Gasteiger partial charge on any atom is 0.498 e. The molecule has 0 aromatic heterocycles. The summed E-state index contributed by atoms with van der Waals surface area (Å²) in [6, 6.07) is 13.4. The van der Waals surface area contributed by atoms with E-state index in [2.05, 4.69) is 10.6 Å². The lowest BCUT2D eigenvalue weighted by atomic mass is 9.77. The molecule has 1 saturated heterocycles. The second-order valence-electron chi connectivity index (χ2n) is 13.9. The molecule has 45 heavy (non-hydrogen) atoms. The maximum atomic E-state index is 13.6. The number of carbonyl (C=O) groups is 3. The van der Waals surface area contributed by atoms with Gasteiger partial charge in [-0.25, -0.2) is 9.59 Å². The van der Waals surface area contributed by atoms with Gasteiger partial charge in [0, 0.05) is 11.9 Å². The summed E-state index contributed by atoms with van der Waals surface area (Å²) in [5, 5.41) is 5.47. The van der Waals surface area contributed by atoms with Crippen LogP contribution in [-0.4, -0.2) is 61.1 Å². The van der Waals surface area contributed by atoms with Crippen molar-refractivity contribution in [3.63, 3.8) is 0 Å². The molecule has 3 rings (SSSR count). The Kier molecular flexibility index (Phi) is 11.7. The number of rotatable bonds is 12. The summed E-state index contributed by atoms with van der Waals surface area (Å²) in [5.41, 5.74) is 0.404. The Morgan fingerprint density at radius 1 is 0.889 bits per heavy atom. The molecule has 1 fully saturated rings. The Bertz CT molecular complexity index is 1310. The van der Waals surface area contributed by atoms with Crippen molar-refractivity contribution in [2.75, 3.05) is 7.11 Å². The lowest BCUT2D eigenvalue weighted by Crippen LogP contribution is -2.53. The van der Waals surface area contributed by atoms with Crippen molar-refractivity contribution >= 4 is 30.6 Å². The molecule has 246 valence electrons. The second kappa shape index (κ2) is 14.7. The molecule has 1 aliphatic rings. The molecule has 2 amide bonds. The Morgan fingerprint density at radius 3 is 2.07 bits per heavy atom. The average molecular weight is 625 g/mol. The van der Waals surface area contributed by atoms with Crippen LogP contribution in [0.15, 0.2) is 48.5 Å². The first-order chi connectivity index (χ1) is 20.9. The van der Waals surface area contributed by atoms with E-state index in [0.717, 1.165) is 5.56 Å². The fraction of sp³-hybridized carbons (Fsp3) is 0.559. The summed E-state index contributed by atoms with van der Waals surface area (Å²) in [4.78, 5) is 39.0. The van der Waals surface area contributed by atoms with Crippen molar-refractivity contribution in [1.82, 2.24) is 10.6 Å². The summed E-state index contributed by atoms with van der Waals surface area (Å²) in [6.45, 7) is 17.3. The summed E-state index contributed by atoms with van der Waals surface area (Å²) in [5.74, 6) is -0.419. The van der Waals surface area contributed by atoms with E-state index in [1.54, 1.807) is 20.8 Å². The smallest absolute Gasteiger partial charge is 0.489 e. The monoisotopic (exact) mass is 624 g/mol. The Balaban J connectivity index is 1.95. The van der Waals surface area contributed by atoms with Gasteiger partial charge in [0.05, 0.1) is 18.3 Å². The van der Waals surface area contributed by atoms with E-state index in [9.17, 15) is 14.4 Å². The predicted octanol–water partition coefficient (Wildman–Crippen LogP) is 4.70.